The van der Waals surface area contributed by atoms with Crippen LogP contribution >= 0.6 is 11.6 Å². The first-order chi connectivity index (χ1) is 7.81. The van der Waals surface area contributed by atoms with Gasteiger partial charge in [0.05, 0.1) is 0 Å². The van der Waals surface area contributed by atoms with Gasteiger partial charge in [0, 0.05) is 30.2 Å². The average molecular weight is 240 g/mol. The monoisotopic (exact) mass is 239 g/mol. The summed E-state index contributed by atoms with van der Waals surface area (Å²) in [5, 5.41) is 0. The third-order valence-corrected chi connectivity index (χ3v) is 3.00. The van der Waals surface area contributed by atoms with E-state index in [1.807, 2.05) is 18.2 Å². The highest BCUT2D eigenvalue weighted by Crippen LogP contribution is 2.28. The molecule has 1 nitrogen and oxygen atoms in total. The van der Waals surface area contributed by atoms with E-state index in [4.69, 9.17) is 11.6 Å². The Morgan fingerprint density at radius 1 is 1.38 bits per heavy atom. The minimum absolute atomic E-state index is 0.122. The molecule has 1 aromatic carbocycles. The van der Waals surface area contributed by atoms with Gasteiger partial charge >= 0.3 is 0 Å². The maximum absolute atomic E-state index is 13.5. The first-order valence-electron chi connectivity index (χ1n) is 5.54. The number of benzene rings is 1. The molecule has 0 saturated heterocycles. The second kappa shape index (κ2) is 5.46. The summed E-state index contributed by atoms with van der Waals surface area (Å²) in [5.41, 5.74) is 2.29. The summed E-state index contributed by atoms with van der Waals surface area (Å²) < 4.78 is 13.5. The number of rotatable bonds is 5. The fourth-order valence-electron chi connectivity index (χ4n) is 1.80. The fraction of sp³-hybridized carbons (Fsp3) is 0.385. The van der Waals surface area contributed by atoms with Crippen LogP contribution in [0.1, 0.15) is 18.4 Å². The molecule has 16 heavy (non-hydrogen) atoms. The number of nitrogens with zero attached hydrogens (tertiary/aromatic N) is 1. The molecule has 0 unspecified atom stereocenters. The Morgan fingerprint density at radius 3 is 2.75 bits per heavy atom. The number of halogens is 2. The lowest BCUT2D eigenvalue weighted by Gasteiger charge is -2.20. The highest BCUT2D eigenvalue weighted by atomic mass is 35.5. The van der Waals surface area contributed by atoms with E-state index in [2.05, 4.69) is 4.90 Å². The molecule has 0 N–H and O–H groups in total. The molecule has 0 aromatic heterocycles. The second-order valence-corrected chi connectivity index (χ2v) is 4.37. The van der Waals surface area contributed by atoms with E-state index in [0.29, 0.717) is 12.6 Å². The maximum Gasteiger partial charge on any atom is 0.127 e. The molecule has 0 amide bonds. The van der Waals surface area contributed by atoms with Crippen LogP contribution < -0.4 is 0 Å². The molecule has 1 aliphatic rings. The molecule has 1 aromatic rings. The van der Waals surface area contributed by atoms with Crippen molar-refractivity contribution in [1.29, 1.82) is 0 Å². The van der Waals surface area contributed by atoms with Gasteiger partial charge in [0.1, 0.15) is 5.82 Å². The zero-order valence-electron chi connectivity index (χ0n) is 9.07. The minimum atomic E-state index is -0.122. The van der Waals surface area contributed by atoms with Crippen LogP contribution in [-0.2, 0) is 6.54 Å². The largest absolute Gasteiger partial charge is 0.292 e. The SMILES string of the molecule is Fc1ccccc1CN(C/C=C/Cl)C1CC1. The van der Waals surface area contributed by atoms with Gasteiger partial charge in [0.25, 0.3) is 0 Å². The van der Waals surface area contributed by atoms with Gasteiger partial charge in [-0.05, 0) is 18.9 Å². The molecule has 1 saturated carbocycles. The van der Waals surface area contributed by atoms with E-state index >= 15 is 0 Å². The summed E-state index contributed by atoms with van der Waals surface area (Å²) in [6, 6.07) is 7.56. The van der Waals surface area contributed by atoms with Crippen LogP contribution in [0.15, 0.2) is 35.9 Å². The van der Waals surface area contributed by atoms with E-state index in [0.717, 1.165) is 12.1 Å². The predicted molar refractivity (Wildman–Crippen MR) is 64.8 cm³/mol. The highest BCUT2D eigenvalue weighted by molar-refractivity contribution is 6.25. The molecule has 0 atom stereocenters. The standard InChI is InChI=1S/C13H15ClFN/c14-8-3-9-16(12-6-7-12)10-11-4-1-2-5-13(11)15/h1-5,8,12H,6-7,9-10H2/b8-3+. The molecular weight excluding hydrogens is 225 g/mol. The van der Waals surface area contributed by atoms with E-state index in [1.54, 1.807) is 6.07 Å². The molecule has 0 aliphatic heterocycles. The highest BCUT2D eigenvalue weighted by Gasteiger charge is 2.28. The molecule has 3 heteroatoms. The Bertz CT molecular complexity index is 374. The summed E-state index contributed by atoms with van der Waals surface area (Å²) in [6.45, 7) is 1.46. The minimum Gasteiger partial charge on any atom is -0.292 e. The van der Waals surface area contributed by atoms with Gasteiger partial charge < -0.3 is 0 Å². The van der Waals surface area contributed by atoms with Crippen molar-refractivity contribution >= 4 is 11.6 Å². The topological polar surface area (TPSA) is 3.24 Å². The Labute approximate surface area is 101 Å². The van der Waals surface area contributed by atoms with Crippen LogP contribution in [-0.4, -0.2) is 17.5 Å². The molecule has 0 radical (unpaired) electrons. The van der Waals surface area contributed by atoms with Crippen molar-refractivity contribution in [3.8, 4) is 0 Å². The van der Waals surface area contributed by atoms with E-state index in [-0.39, 0.29) is 5.82 Å². The fourth-order valence-corrected chi connectivity index (χ4v) is 1.88. The van der Waals surface area contributed by atoms with Gasteiger partial charge in [-0.1, -0.05) is 35.9 Å². The molecule has 0 bridgehead atoms. The Kier molecular flexibility index (Phi) is 3.97. The van der Waals surface area contributed by atoms with Gasteiger partial charge in [-0.25, -0.2) is 4.39 Å². The van der Waals surface area contributed by atoms with Crippen molar-refractivity contribution in [3.05, 3.63) is 47.3 Å². The molecule has 1 fully saturated rings. The molecular formula is C13H15ClFN. The quantitative estimate of drug-likeness (QED) is 0.760. The second-order valence-electron chi connectivity index (χ2n) is 4.11. The van der Waals surface area contributed by atoms with Gasteiger partial charge in [0.15, 0.2) is 0 Å². The van der Waals surface area contributed by atoms with Crippen LogP contribution in [0.4, 0.5) is 4.39 Å². The van der Waals surface area contributed by atoms with Crippen molar-refractivity contribution in [2.75, 3.05) is 6.54 Å². The van der Waals surface area contributed by atoms with E-state index in [9.17, 15) is 4.39 Å². The first-order valence-corrected chi connectivity index (χ1v) is 5.97. The normalized spacial score (nSPS) is 16.2. The van der Waals surface area contributed by atoms with Crippen LogP contribution in [0.25, 0.3) is 0 Å². The third kappa shape index (κ3) is 3.06. The predicted octanol–water partition coefficient (Wildman–Crippen LogP) is 3.54. The molecule has 2 rings (SSSR count). The first kappa shape index (κ1) is 11.6. The van der Waals surface area contributed by atoms with Gasteiger partial charge in [-0.2, -0.15) is 0 Å². The zero-order chi connectivity index (χ0) is 11.4. The van der Waals surface area contributed by atoms with E-state index < -0.39 is 0 Å². The van der Waals surface area contributed by atoms with Crippen molar-refractivity contribution in [2.45, 2.75) is 25.4 Å². The Hall–Kier alpha value is -0.860. The maximum atomic E-state index is 13.5. The lowest BCUT2D eigenvalue weighted by Crippen LogP contribution is -2.26. The van der Waals surface area contributed by atoms with Gasteiger partial charge in [0.2, 0.25) is 0 Å². The van der Waals surface area contributed by atoms with Crippen molar-refractivity contribution < 1.29 is 4.39 Å². The smallest absolute Gasteiger partial charge is 0.127 e. The molecule has 0 spiro atoms. The number of hydrogen-bond donors (Lipinski definition) is 0. The lowest BCUT2D eigenvalue weighted by molar-refractivity contribution is 0.279. The van der Waals surface area contributed by atoms with Crippen molar-refractivity contribution in [3.63, 3.8) is 0 Å². The summed E-state index contributed by atoms with van der Waals surface area (Å²) in [5.74, 6) is -0.122. The van der Waals surface area contributed by atoms with Crippen molar-refractivity contribution in [1.82, 2.24) is 4.90 Å². The van der Waals surface area contributed by atoms with Crippen LogP contribution in [0.2, 0.25) is 0 Å². The van der Waals surface area contributed by atoms with Crippen LogP contribution in [0.3, 0.4) is 0 Å². The summed E-state index contributed by atoms with van der Waals surface area (Å²) >= 11 is 5.52. The third-order valence-electron chi connectivity index (χ3n) is 2.82. The van der Waals surface area contributed by atoms with Gasteiger partial charge in [-0.15, -0.1) is 0 Å². The average Bonchev–Trinajstić information content (AvgIpc) is 3.10. The molecule has 1 aliphatic carbocycles. The lowest BCUT2D eigenvalue weighted by atomic mass is 10.2. The van der Waals surface area contributed by atoms with Crippen molar-refractivity contribution in [2.24, 2.45) is 0 Å². The zero-order valence-corrected chi connectivity index (χ0v) is 9.83. The molecule has 0 heterocycles. The Morgan fingerprint density at radius 2 is 2.12 bits per heavy atom. The Balaban J connectivity index is 2.02. The van der Waals surface area contributed by atoms with Crippen LogP contribution in [0.5, 0.6) is 0 Å². The summed E-state index contributed by atoms with van der Waals surface area (Å²) in [7, 11) is 0. The van der Waals surface area contributed by atoms with Crippen LogP contribution in [0, 0.1) is 5.82 Å². The van der Waals surface area contributed by atoms with E-state index in [1.165, 1.54) is 24.4 Å². The van der Waals surface area contributed by atoms with Gasteiger partial charge in [-0.3, -0.25) is 4.90 Å². The summed E-state index contributed by atoms with van der Waals surface area (Å²) in [6.07, 6.45) is 4.33. The summed E-state index contributed by atoms with van der Waals surface area (Å²) in [4.78, 5) is 2.26. The molecule has 86 valence electrons. The number of hydrogen-bond acceptors (Lipinski definition) is 1.